The number of nitrogens with two attached hydrogens (primary N) is 1. The summed E-state index contributed by atoms with van der Waals surface area (Å²) in [5.41, 5.74) is 7.14. The number of hydrogen-bond acceptors (Lipinski definition) is 5. The molecule has 3 rings (SSSR count). The van der Waals surface area contributed by atoms with E-state index in [1.54, 1.807) is 4.57 Å². The average Bonchev–Trinajstić information content (AvgIpc) is 2.95. The molecule has 7 heteroatoms. The first-order valence-corrected chi connectivity index (χ1v) is 7.81. The minimum Gasteiger partial charge on any atom is -0.368 e. The first-order chi connectivity index (χ1) is 11.1. The molecule has 0 unspecified atom stereocenters. The second-order valence-electron chi connectivity index (χ2n) is 4.73. The summed E-state index contributed by atoms with van der Waals surface area (Å²) in [6, 6.07) is 14.9. The number of nitrogens with zero attached hydrogens (tertiary/aromatic N) is 3. The molecule has 23 heavy (non-hydrogen) atoms. The molecule has 1 aromatic heterocycles. The van der Waals surface area contributed by atoms with E-state index in [9.17, 15) is 9.18 Å². The Hall–Kier alpha value is -2.67. The van der Waals surface area contributed by atoms with E-state index in [-0.39, 0.29) is 23.3 Å². The Kier molecular flexibility index (Phi) is 4.38. The van der Waals surface area contributed by atoms with E-state index in [0.717, 1.165) is 5.69 Å². The lowest BCUT2D eigenvalue weighted by molar-refractivity contribution is 0.102. The topological polar surface area (TPSA) is 73.8 Å². The number of carbonyl (C=O) groups excluding carboxylic acids is 1. The number of Topliss-reactive ketones (excluding diaryl/α,β-unsaturated/α-hetero) is 1. The Balaban J connectivity index is 1.77. The van der Waals surface area contributed by atoms with E-state index in [1.165, 1.54) is 36.0 Å². The Labute approximate surface area is 136 Å². The van der Waals surface area contributed by atoms with E-state index in [0.29, 0.717) is 10.7 Å². The number of aromatic nitrogens is 3. The van der Waals surface area contributed by atoms with E-state index in [2.05, 4.69) is 10.2 Å². The Morgan fingerprint density at radius 1 is 1.09 bits per heavy atom. The van der Waals surface area contributed by atoms with Gasteiger partial charge in [0.25, 0.3) is 0 Å². The van der Waals surface area contributed by atoms with Gasteiger partial charge in [-0.15, -0.1) is 10.2 Å². The molecule has 0 spiro atoms. The number of benzene rings is 2. The van der Waals surface area contributed by atoms with Crippen molar-refractivity contribution in [1.82, 2.24) is 14.8 Å². The molecule has 3 aromatic rings. The van der Waals surface area contributed by atoms with Crippen LogP contribution in [0.1, 0.15) is 10.4 Å². The fourth-order valence-corrected chi connectivity index (χ4v) is 2.90. The molecule has 5 nitrogen and oxygen atoms in total. The van der Waals surface area contributed by atoms with Crippen molar-refractivity contribution < 1.29 is 9.18 Å². The van der Waals surface area contributed by atoms with Gasteiger partial charge in [0, 0.05) is 5.56 Å². The summed E-state index contributed by atoms with van der Waals surface area (Å²) in [6.45, 7) is 0. The van der Waals surface area contributed by atoms with Gasteiger partial charge in [-0.3, -0.25) is 9.36 Å². The molecule has 0 bridgehead atoms. The van der Waals surface area contributed by atoms with Crippen molar-refractivity contribution in [1.29, 1.82) is 0 Å². The van der Waals surface area contributed by atoms with Gasteiger partial charge in [-0.1, -0.05) is 30.0 Å². The summed E-state index contributed by atoms with van der Waals surface area (Å²) < 4.78 is 14.6. The van der Waals surface area contributed by atoms with Gasteiger partial charge in [0.2, 0.25) is 5.95 Å². The van der Waals surface area contributed by atoms with Gasteiger partial charge in [0.1, 0.15) is 5.82 Å². The third kappa shape index (κ3) is 3.40. The first-order valence-electron chi connectivity index (χ1n) is 6.83. The second-order valence-corrected chi connectivity index (χ2v) is 5.67. The van der Waals surface area contributed by atoms with Crippen LogP contribution in [0.5, 0.6) is 0 Å². The van der Waals surface area contributed by atoms with Gasteiger partial charge in [0.05, 0.1) is 11.4 Å². The van der Waals surface area contributed by atoms with Crippen molar-refractivity contribution in [3.8, 4) is 5.69 Å². The van der Waals surface area contributed by atoms with E-state index in [1.807, 2.05) is 30.3 Å². The molecule has 0 atom stereocenters. The number of nitrogen functional groups attached to an aromatic ring is 1. The molecule has 0 saturated carbocycles. The van der Waals surface area contributed by atoms with Crippen LogP contribution in [-0.2, 0) is 0 Å². The van der Waals surface area contributed by atoms with Crippen LogP contribution in [0.3, 0.4) is 0 Å². The van der Waals surface area contributed by atoms with Crippen molar-refractivity contribution in [2.45, 2.75) is 5.16 Å². The smallest absolute Gasteiger partial charge is 0.227 e. The highest BCUT2D eigenvalue weighted by atomic mass is 32.2. The molecule has 0 aliphatic carbocycles. The molecule has 2 N–H and O–H groups in total. The molecule has 2 aromatic carbocycles. The van der Waals surface area contributed by atoms with Gasteiger partial charge in [-0.2, -0.15) is 0 Å². The van der Waals surface area contributed by atoms with Crippen molar-refractivity contribution in [2.24, 2.45) is 0 Å². The highest BCUT2D eigenvalue weighted by Crippen LogP contribution is 2.23. The van der Waals surface area contributed by atoms with Crippen LogP contribution in [-0.4, -0.2) is 26.3 Å². The number of hydrogen-bond donors (Lipinski definition) is 1. The van der Waals surface area contributed by atoms with Crippen LogP contribution < -0.4 is 5.73 Å². The molecule has 0 amide bonds. The van der Waals surface area contributed by atoms with Crippen LogP contribution >= 0.6 is 11.8 Å². The summed E-state index contributed by atoms with van der Waals surface area (Å²) in [6.07, 6.45) is 0. The number of anilines is 1. The summed E-state index contributed by atoms with van der Waals surface area (Å²) in [5.74, 6) is -0.0636. The fourth-order valence-electron chi connectivity index (χ4n) is 2.04. The number of para-hydroxylation sites is 1. The standard InChI is InChI=1S/C16H13FN4OS/c17-12-8-6-11(7-9-12)14(22)10-23-16-20-19-15(18)21(16)13-4-2-1-3-5-13/h1-9H,10H2,(H2,18,19). The monoisotopic (exact) mass is 328 g/mol. The lowest BCUT2D eigenvalue weighted by atomic mass is 10.1. The summed E-state index contributed by atoms with van der Waals surface area (Å²) in [7, 11) is 0. The molecule has 0 fully saturated rings. The van der Waals surface area contributed by atoms with Crippen LogP contribution in [0.2, 0.25) is 0 Å². The van der Waals surface area contributed by atoms with Crippen molar-refractivity contribution in [3.63, 3.8) is 0 Å². The molecule has 0 aliphatic heterocycles. The molecule has 0 aliphatic rings. The Morgan fingerprint density at radius 3 is 2.48 bits per heavy atom. The fraction of sp³-hybridized carbons (Fsp3) is 0.0625. The predicted molar refractivity (Wildman–Crippen MR) is 87.2 cm³/mol. The zero-order valence-electron chi connectivity index (χ0n) is 12.0. The Bertz CT molecular complexity index is 818. The SMILES string of the molecule is Nc1nnc(SCC(=O)c2ccc(F)cc2)n1-c1ccccc1. The molecule has 1 heterocycles. The number of carbonyl (C=O) groups is 1. The molecule has 0 saturated heterocycles. The number of halogens is 1. The van der Waals surface area contributed by atoms with Gasteiger partial charge < -0.3 is 5.73 Å². The Morgan fingerprint density at radius 2 is 1.78 bits per heavy atom. The minimum atomic E-state index is -0.370. The first kappa shape index (κ1) is 15.2. The van der Waals surface area contributed by atoms with E-state index >= 15 is 0 Å². The highest BCUT2D eigenvalue weighted by Gasteiger charge is 2.14. The van der Waals surface area contributed by atoms with E-state index in [4.69, 9.17) is 5.73 Å². The second kappa shape index (κ2) is 6.62. The van der Waals surface area contributed by atoms with Crippen molar-refractivity contribution in [3.05, 3.63) is 66.0 Å². The number of ketones is 1. The number of rotatable bonds is 5. The molecular formula is C16H13FN4OS. The van der Waals surface area contributed by atoms with Crippen molar-refractivity contribution in [2.75, 3.05) is 11.5 Å². The third-order valence-electron chi connectivity index (χ3n) is 3.17. The summed E-state index contributed by atoms with van der Waals surface area (Å²) >= 11 is 1.24. The van der Waals surface area contributed by atoms with Crippen LogP contribution in [0, 0.1) is 5.82 Å². The van der Waals surface area contributed by atoms with Crippen LogP contribution in [0.4, 0.5) is 10.3 Å². The zero-order valence-corrected chi connectivity index (χ0v) is 12.8. The largest absolute Gasteiger partial charge is 0.368 e. The normalized spacial score (nSPS) is 10.7. The van der Waals surface area contributed by atoms with Gasteiger partial charge in [-0.05, 0) is 36.4 Å². The van der Waals surface area contributed by atoms with E-state index < -0.39 is 0 Å². The summed E-state index contributed by atoms with van der Waals surface area (Å²) in [5, 5.41) is 8.41. The summed E-state index contributed by atoms with van der Waals surface area (Å²) in [4.78, 5) is 12.2. The van der Waals surface area contributed by atoms with Crippen LogP contribution in [0.25, 0.3) is 5.69 Å². The minimum absolute atomic E-state index is 0.115. The zero-order chi connectivity index (χ0) is 16.2. The maximum atomic E-state index is 12.9. The maximum Gasteiger partial charge on any atom is 0.227 e. The lowest BCUT2D eigenvalue weighted by Gasteiger charge is -2.07. The predicted octanol–water partition coefficient (Wildman–Crippen LogP) is 2.96. The van der Waals surface area contributed by atoms with Crippen molar-refractivity contribution >= 4 is 23.5 Å². The maximum absolute atomic E-state index is 12.9. The molecular weight excluding hydrogens is 315 g/mol. The number of thioether (sulfide) groups is 1. The van der Waals surface area contributed by atoms with Crippen LogP contribution in [0.15, 0.2) is 59.8 Å². The van der Waals surface area contributed by atoms with Gasteiger partial charge >= 0.3 is 0 Å². The quantitative estimate of drug-likeness (QED) is 0.576. The molecule has 116 valence electrons. The molecule has 0 radical (unpaired) electrons. The average molecular weight is 328 g/mol. The third-order valence-corrected chi connectivity index (χ3v) is 4.10. The highest BCUT2D eigenvalue weighted by molar-refractivity contribution is 7.99. The van der Waals surface area contributed by atoms with Gasteiger partial charge in [-0.25, -0.2) is 4.39 Å². The van der Waals surface area contributed by atoms with Gasteiger partial charge in [0.15, 0.2) is 10.9 Å². The lowest BCUT2D eigenvalue weighted by Crippen LogP contribution is -2.05.